The zero-order valence-corrected chi connectivity index (χ0v) is 20.7. The Kier molecular flexibility index (Phi) is 12.7. The summed E-state index contributed by atoms with van der Waals surface area (Å²) in [5.74, 6) is 1.27. The summed E-state index contributed by atoms with van der Waals surface area (Å²) < 4.78 is 5.99. The number of aromatic hydroxyl groups is 1. The molecule has 0 aliphatic heterocycles. The number of hydrogen-bond acceptors (Lipinski definition) is 2. The summed E-state index contributed by atoms with van der Waals surface area (Å²) in [5.41, 5.74) is 5.14. The van der Waals surface area contributed by atoms with Gasteiger partial charge in [0.25, 0.3) is 0 Å². The average Bonchev–Trinajstić information content (AvgIpc) is 2.82. The van der Waals surface area contributed by atoms with Gasteiger partial charge in [-0.25, -0.2) is 0 Å². The Morgan fingerprint density at radius 2 is 1.03 bits per heavy atom. The molecule has 2 aromatic rings. The highest BCUT2D eigenvalue weighted by atomic mass is 16.5. The van der Waals surface area contributed by atoms with Crippen molar-refractivity contribution in [3.05, 3.63) is 59.7 Å². The Labute approximate surface area is 196 Å². The molecule has 1 N–H and O–H groups in total. The molecule has 0 unspecified atom stereocenters. The molecule has 176 valence electrons. The van der Waals surface area contributed by atoms with Gasteiger partial charge in [0.15, 0.2) is 0 Å². The van der Waals surface area contributed by atoms with Crippen LogP contribution in [0, 0.1) is 0 Å². The van der Waals surface area contributed by atoms with Crippen LogP contribution in [-0.2, 0) is 0 Å². The molecule has 0 aromatic heterocycles. The van der Waals surface area contributed by atoms with Gasteiger partial charge in [0, 0.05) is 0 Å². The molecule has 2 heteroatoms. The zero-order valence-electron chi connectivity index (χ0n) is 20.7. The van der Waals surface area contributed by atoms with E-state index in [-0.39, 0.29) is 0 Å². The second-order valence-corrected chi connectivity index (χ2v) is 8.77. The Morgan fingerprint density at radius 3 is 1.50 bits per heavy atom. The Morgan fingerprint density at radius 1 is 0.594 bits per heavy atom. The molecular formula is C30H44O2. The molecule has 0 heterocycles. The third kappa shape index (κ3) is 9.10. The van der Waals surface area contributed by atoms with Gasteiger partial charge >= 0.3 is 0 Å². The molecule has 0 bridgehead atoms. The summed E-state index contributed by atoms with van der Waals surface area (Å²) >= 11 is 0. The lowest BCUT2D eigenvalue weighted by molar-refractivity contribution is 0.304. The number of unbranched alkanes of at least 4 members (excludes halogenated alkanes) is 9. The van der Waals surface area contributed by atoms with Crippen molar-refractivity contribution in [2.24, 2.45) is 0 Å². The largest absolute Gasteiger partial charge is 0.508 e. The van der Waals surface area contributed by atoms with E-state index in [9.17, 15) is 5.11 Å². The highest BCUT2D eigenvalue weighted by molar-refractivity contribution is 5.90. The number of phenolic OH excluding ortho intramolecular Hbond substituents is 1. The van der Waals surface area contributed by atoms with Gasteiger partial charge in [0.1, 0.15) is 11.5 Å². The van der Waals surface area contributed by atoms with Gasteiger partial charge in [-0.2, -0.15) is 0 Å². The predicted octanol–water partition coefficient (Wildman–Crippen LogP) is 9.42. The molecule has 32 heavy (non-hydrogen) atoms. The molecule has 0 fully saturated rings. The fourth-order valence-electron chi connectivity index (χ4n) is 4.38. The van der Waals surface area contributed by atoms with Crippen molar-refractivity contribution in [1.29, 1.82) is 0 Å². The first-order chi connectivity index (χ1) is 15.7. The van der Waals surface area contributed by atoms with E-state index < -0.39 is 0 Å². The second kappa shape index (κ2) is 15.6. The fourth-order valence-corrected chi connectivity index (χ4v) is 4.38. The minimum Gasteiger partial charge on any atom is -0.508 e. The number of phenols is 1. The number of allylic oxidation sites excluding steroid dienone is 2. The lowest BCUT2D eigenvalue weighted by Crippen LogP contribution is -1.98. The summed E-state index contributed by atoms with van der Waals surface area (Å²) in [7, 11) is 0. The molecule has 2 rings (SSSR count). The molecule has 0 saturated carbocycles. The minimum absolute atomic E-state index is 0.311. The number of ether oxygens (including phenoxy) is 1. The molecule has 2 nitrogen and oxygen atoms in total. The lowest BCUT2D eigenvalue weighted by atomic mass is 9.91. The van der Waals surface area contributed by atoms with Gasteiger partial charge in [0.05, 0.1) is 6.61 Å². The first-order valence-electron chi connectivity index (χ1n) is 12.9. The lowest BCUT2D eigenvalue weighted by Gasteiger charge is -2.15. The van der Waals surface area contributed by atoms with Crippen LogP contribution in [0.25, 0.3) is 11.1 Å². The normalized spacial score (nSPS) is 12.0. The van der Waals surface area contributed by atoms with Gasteiger partial charge in [-0.05, 0) is 65.8 Å². The van der Waals surface area contributed by atoms with E-state index in [1.54, 1.807) is 12.1 Å². The van der Waals surface area contributed by atoms with Crippen LogP contribution in [0.5, 0.6) is 11.5 Å². The highest BCUT2D eigenvalue weighted by Gasteiger charge is 2.09. The van der Waals surface area contributed by atoms with Crippen LogP contribution in [0.2, 0.25) is 0 Å². The summed E-state index contributed by atoms with van der Waals surface area (Å²) in [6.07, 6.45) is 15.4. The highest BCUT2D eigenvalue weighted by Crippen LogP contribution is 2.32. The van der Waals surface area contributed by atoms with Crippen molar-refractivity contribution in [2.45, 2.75) is 97.8 Å². The van der Waals surface area contributed by atoms with Crippen molar-refractivity contribution in [3.63, 3.8) is 0 Å². The number of rotatable bonds is 16. The predicted molar refractivity (Wildman–Crippen MR) is 139 cm³/mol. The summed E-state index contributed by atoms with van der Waals surface area (Å²) in [6, 6.07) is 16.1. The SMILES string of the molecule is CCCCCCCCCCCCOc1ccc(C(CC)=C(CC)c2ccc(O)cc2)cc1. The molecule has 0 saturated heterocycles. The van der Waals surface area contributed by atoms with Crippen LogP contribution in [0.4, 0.5) is 0 Å². The molecule has 0 aliphatic rings. The van der Waals surface area contributed by atoms with Gasteiger partial charge < -0.3 is 9.84 Å². The number of hydrogen-bond donors (Lipinski definition) is 1. The molecule has 2 aromatic carbocycles. The Balaban J connectivity index is 1.77. The fraction of sp³-hybridized carbons (Fsp3) is 0.533. The van der Waals surface area contributed by atoms with Crippen molar-refractivity contribution < 1.29 is 9.84 Å². The molecular weight excluding hydrogens is 392 g/mol. The van der Waals surface area contributed by atoms with E-state index in [1.165, 1.54) is 80.1 Å². The van der Waals surface area contributed by atoms with Crippen molar-refractivity contribution in [2.75, 3.05) is 6.61 Å². The van der Waals surface area contributed by atoms with E-state index in [0.29, 0.717) is 5.75 Å². The quantitative estimate of drug-likeness (QED) is 0.210. The van der Waals surface area contributed by atoms with E-state index in [2.05, 4.69) is 45.0 Å². The minimum atomic E-state index is 0.311. The van der Waals surface area contributed by atoms with Crippen LogP contribution in [0.15, 0.2) is 48.5 Å². The molecule has 0 aliphatic carbocycles. The Bertz CT molecular complexity index is 771. The smallest absolute Gasteiger partial charge is 0.119 e. The summed E-state index contributed by atoms with van der Waals surface area (Å²) in [6.45, 7) is 7.49. The first kappa shape index (κ1) is 26.0. The van der Waals surface area contributed by atoms with Crippen LogP contribution in [-0.4, -0.2) is 11.7 Å². The maximum Gasteiger partial charge on any atom is 0.119 e. The van der Waals surface area contributed by atoms with Crippen LogP contribution < -0.4 is 4.74 Å². The molecule has 0 radical (unpaired) electrons. The van der Waals surface area contributed by atoms with E-state index >= 15 is 0 Å². The molecule has 0 spiro atoms. The van der Waals surface area contributed by atoms with Crippen LogP contribution in [0.1, 0.15) is 109 Å². The zero-order chi connectivity index (χ0) is 23.0. The summed E-state index contributed by atoms with van der Waals surface area (Å²) in [5, 5.41) is 9.60. The molecule has 0 atom stereocenters. The Hall–Kier alpha value is -2.22. The topological polar surface area (TPSA) is 29.5 Å². The van der Waals surface area contributed by atoms with E-state index in [4.69, 9.17) is 4.74 Å². The van der Waals surface area contributed by atoms with Crippen molar-refractivity contribution in [3.8, 4) is 11.5 Å². The third-order valence-electron chi connectivity index (χ3n) is 6.26. The standard InChI is InChI=1S/C30H44O2/c1-4-7-8-9-10-11-12-13-14-15-24-32-28-22-18-26(19-23-28)30(6-3)29(5-2)25-16-20-27(31)21-17-25/h16-23,31H,4-15,24H2,1-3H3. The van der Waals surface area contributed by atoms with E-state index in [1.807, 2.05) is 12.1 Å². The van der Waals surface area contributed by atoms with Gasteiger partial charge in [-0.1, -0.05) is 103 Å². The molecule has 0 amide bonds. The first-order valence-corrected chi connectivity index (χ1v) is 12.9. The van der Waals surface area contributed by atoms with Crippen molar-refractivity contribution in [1.82, 2.24) is 0 Å². The van der Waals surface area contributed by atoms with Crippen molar-refractivity contribution >= 4 is 11.1 Å². The van der Waals surface area contributed by atoms with E-state index in [0.717, 1.165) is 31.6 Å². The third-order valence-corrected chi connectivity index (χ3v) is 6.26. The van der Waals surface area contributed by atoms with Gasteiger partial charge in [-0.15, -0.1) is 0 Å². The van der Waals surface area contributed by atoms with Crippen LogP contribution in [0.3, 0.4) is 0 Å². The maximum atomic E-state index is 9.60. The maximum absolute atomic E-state index is 9.60. The van der Waals surface area contributed by atoms with Gasteiger partial charge in [-0.3, -0.25) is 0 Å². The number of benzene rings is 2. The second-order valence-electron chi connectivity index (χ2n) is 8.77. The summed E-state index contributed by atoms with van der Waals surface area (Å²) in [4.78, 5) is 0. The van der Waals surface area contributed by atoms with Gasteiger partial charge in [0.2, 0.25) is 0 Å². The average molecular weight is 437 g/mol. The monoisotopic (exact) mass is 436 g/mol. The van der Waals surface area contributed by atoms with Crippen LogP contribution >= 0.6 is 0 Å².